The fourth-order valence-corrected chi connectivity index (χ4v) is 2.53. The molecule has 2 rings (SSSR count). The number of rotatable bonds is 2. The highest BCUT2D eigenvalue weighted by atomic mass is 19.4. The van der Waals surface area contributed by atoms with Crippen LogP contribution in [0.4, 0.5) is 19.0 Å². The Morgan fingerprint density at radius 1 is 1.38 bits per heavy atom. The molecule has 0 aromatic carbocycles. The maximum Gasteiger partial charge on any atom is 0.410 e. The highest BCUT2D eigenvalue weighted by molar-refractivity contribution is 5.41. The van der Waals surface area contributed by atoms with Gasteiger partial charge in [-0.2, -0.15) is 18.3 Å². The summed E-state index contributed by atoms with van der Waals surface area (Å²) in [7, 11) is 0. The molecular formula is C15H24F3N3. The Labute approximate surface area is 123 Å². The number of fused-ring (bicyclic) bond motifs is 1. The van der Waals surface area contributed by atoms with Gasteiger partial charge in [0.1, 0.15) is 5.82 Å². The number of hydrogen-bond acceptors (Lipinski definition) is 2. The van der Waals surface area contributed by atoms with E-state index in [4.69, 9.17) is 0 Å². The van der Waals surface area contributed by atoms with Crippen LogP contribution in [0.5, 0.6) is 0 Å². The van der Waals surface area contributed by atoms with Crippen molar-refractivity contribution in [1.82, 2.24) is 9.78 Å². The van der Waals surface area contributed by atoms with E-state index in [9.17, 15) is 13.2 Å². The molecule has 1 aliphatic heterocycles. The van der Waals surface area contributed by atoms with E-state index >= 15 is 0 Å². The summed E-state index contributed by atoms with van der Waals surface area (Å²) >= 11 is 0. The zero-order chi connectivity index (χ0) is 16.0. The molecule has 0 bridgehead atoms. The minimum atomic E-state index is -4.26. The quantitative estimate of drug-likeness (QED) is 0.876. The van der Waals surface area contributed by atoms with Gasteiger partial charge in [0.05, 0.1) is 5.69 Å². The van der Waals surface area contributed by atoms with Crippen molar-refractivity contribution in [2.75, 3.05) is 5.32 Å². The number of halogens is 3. The lowest BCUT2D eigenvalue weighted by atomic mass is 9.79. The average molecular weight is 303 g/mol. The van der Waals surface area contributed by atoms with Crippen molar-refractivity contribution >= 4 is 5.82 Å². The largest absolute Gasteiger partial charge is 0.410 e. The molecular weight excluding hydrogens is 279 g/mol. The summed E-state index contributed by atoms with van der Waals surface area (Å²) in [6.45, 7) is 10.3. The molecule has 1 aliphatic rings. The lowest BCUT2D eigenvalue weighted by Crippen LogP contribution is -2.37. The minimum absolute atomic E-state index is 0.0203. The van der Waals surface area contributed by atoms with Crippen LogP contribution < -0.4 is 5.32 Å². The second-order valence-corrected chi connectivity index (χ2v) is 7.28. The van der Waals surface area contributed by atoms with Gasteiger partial charge in [-0.05, 0) is 31.1 Å². The summed E-state index contributed by atoms with van der Waals surface area (Å²) < 4.78 is 40.6. The summed E-state index contributed by atoms with van der Waals surface area (Å²) in [6.07, 6.45) is -3.55. The zero-order valence-electron chi connectivity index (χ0n) is 13.3. The molecule has 0 saturated heterocycles. The predicted octanol–water partition coefficient (Wildman–Crippen LogP) is 4.42. The van der Waals surface area contributed by atoms with E-state index in [2.05, 4.69) is 38.1 Å². The van der Waals surface area contributed by atoms with E-state index in [-0.39, 0.29) is 17.9 Å². The Kier molecular flexibility index (Phi) is 4.02. The Morgan fingerprint density at radius 3 is 2.52 bits per heavy atom. The average Bonchev–Trinajstić information content (AvgIpc) is 2.67. The number of nitrogens with one attached hydrogen (secondary N) is 1. The summed E-state index contributed by atoms with van der Waals surface area (Å²) in [5.41, 5.74) is 0.831. The molecule has 0 radical (unpaired) electrons. The smallest absolute Gasteiger partial charge is 0.368 e. The van der Waals surface area contributed by atoms with Gasteiger partial charge in [-0.15, -0.1) is 0 Å². The number of alkyl halides is 3. The highest BCUT2D eigenvalue weighted by Crippen LogP contribution is 2.39. The van der Waals surface area contributed by atoms with Crippen molar-refractivity contribution in [2.24, 2.45) is 11.3 Å². The van der Waals surface area contributed by atoms with Crippen LogP contribution in [0.15, 0.2) is 6.07 Å². The summed E-state index contributed by atoms with van der Waals surface area (Å²) in [6, 6.07) is 0.0348. The third kappa shape index (κ3) is 3.52. The van der Waals surface area contributed by atoms with E-state index in [0.717, 1.165) is 10.4 Å². The summed E-state index contributed by atoms with van der Waals surface area (Å²) in [4.78, 5) is 0. The molecule has 3 atom stereocenters. The van der Waals surface area contributed by atoms with E-state index in [1.807, 2.05) is 0 Å². The molecule has 0 amide bonds. The van der Waals surface area contributed by atoms with E-state index in [0.29, 0.717) is 18.2 Å². The van der Waals surface area contributed by atoms with E-state index in [1.165, 1.54) is 0 Å². The molecule has 21 heavy (non-hydrogen) atoms. The van der Waals surface area contributed by atoms with Gasteiger partial charge in [-0.3, -0.25) is 0 Å². The second-order valence-electron chi connectivity index (χ2n) is 7.28. The fraction of sp³-hybridized carbons (Fsp3) is 0.800. The number of anilines is 1. The fourth-order valence-electron chi connectivity index (χ4n) is 2.53. The third-order valence-electron chi connectivity index (χ3n) is 4.42. The molecule has 120 valence electrons. The Morgan fingerprint density at radius 2 is 2.00 bits per heavy atom. The monoisotopic (exact) mass is 303 g/mol. The van der Waals surface area contributed by atoms with Crippen molar-refractivity contribution in [3.63, 3.8) is 0 Å². The third-order valence-corrected chi connectivity index (χ3v) is 4.42. The van der Waals surface area contributed by atoms with Gasteiger partial charge in [-0.25, -0.2) is 4.68 Å². The SMILES string of the molecule is CC1CC(C(F)(F)F)n2nc(CC(C)C(C)(C)C)cc2N1. The minimum Gasteiger partial charge on any atom is -0.368 e. The Hall–Kier alpha value is -1.20. The zero-order valence-corrected chi connectivity index (χ0v) is 13.3. The van der Waals surface area contributed by atoms with Crippen LogP contribution in [0.3, 0.4) is 0 Å². The molecule has 2 heterocycles. The predicted molar refractivity (Wildman–Crippen MR) is 77.3 cm³/mol. The van der Waals surface area contributed by atoms with Crippen molar-refractivity contribution in [2.45, 2.75) is 65.7 Å². The molecule has 1 aromatic rings. The Bertz CT molecular complexity index is 499. The van der Waals surface area contributed by atoms with Crippen LogP contribution in [0.1, 0.15) is 52.8 Å². The van der Waals surface area contributed by atoms with Crippen molar-refractivity contribution < 1.29 is 13.2 Å². The molecule has 3 unspecified atom stereocenters. The van der Waals surface area contributed by atoms with Gasteiger partial charge in [0, 0.05) is 12.1 Å². The molecule has 0 aliphatic carbocycles. The Balaban J connectivity index is 2.27. The summed E-state index contributed by atoms with van der Waals surface area (Å²) in [5, 5.41) is 7.32. The maximum atomic E-state index is 13.2. The summed E-state index contributed by atoms with van der Waals surface area (Å²) in [5.74, 6) is 0.823. The van der Waals surface area contributed by atoms with E-state index in [1.54, 1.807) is 13.0 Å². The first-order chi connectivity index (χ1) is 9.48. The standard InChI is InChI=1S/C15H24F3N3/c1-9(14(3,4)5)6-11-8-13-19-10(2)7-12(15(16,17)18)21(13)20-11/h8-10,12,19H,6-7H2,1-5H3. The molecule has 0 spiro atoms. The van der Waals surface area contributed by atoms with Crippen LogP contribution >= 0.6 is 0 Å². The molecule has 3 nitrogen and oxygen atoms in total. The first-order valence-corrected chi connectivity index (χ1v) is 7.40. The van der Waals surface area contributed by atoms with Crippen LogP contribution in [-0.2, 0) is 6.42 Å². The first kappa shape index (κ1) is 16.2. The van der Waals surface area contributed by atoms with Gasteiger partial charge >= 0.3 is 6.18 Å². The van der Waals surface area contributed by atoms with Crippen LogP contribution in [0.25, 0.3) is 0 Å². The van der Waals surface area contributed by atoms with Gasteiger partial charge in [0.15, 0.2) is 6.04 Å². The topological polar surface area (TPSA) is 29.9 Å². The van der Waals surface area contributed by atoms with E-state index < -0.39 is 12.2 Å². The molecule has 0 fully saturated rings. The highest BCUT2D eigenvalue weighted by Gasteiger charge is 2.45. The number of hydrogen-bond donors (Lipinski definition) is 1. The molecule has 6 heteroatoms. The van der Waals surface area contributed by atoms with Crippen molar-refractivity contribution in [3.05, 3.63) is 11.8 Å². The van der Waals surface area contributed by atoms with Crippen molar-refractivity contribution in [1.29, 1.82) is 0 Å². The molecule has 1 aromatic heterocycles. The first-order valence-electron chi connectivity index (χ1n) is 7.40. The van der Waals surface area contributed by atoms with Crippen LogP contribution in [0.2, 0.25) is 0 Å². The number of aromatic nitrogens is 2. The van der Waals surface area contributed by atoms with Gasteiger partial charge in [-0.1, -0.05) is 27.7 Å². The van der Waals surface area contributed by atoms with Crippen LogP contribution in [-0.4, -0.2) is 22.0 Å². The normalized spacial score (nSPS) is 24.4. The van der Waals surface area contributed by atoms with Gasteiger partial charge < -0.3 is 5.32 Å². The lowest BCUT2D eigenvalue weighted by molar-refractivity contribution is -0.173. The lowest BCUT2D eigenvalue weighted by Gasteiger charge is -2.31. The maximum absolute atomic E-state index is 13.2. The molecule has 1 N–H and O–H groups in total. The van der Waals surface area contributed by atoms with Gasteiger partial charge in [0.25, 0.3) is 0 Å². The van der Waals surface area contributed by atoms with Gasteiger partial charge in [0.2, 0.25) is 0 Å². The van der Waals surface area contributed by atoms with Crippen LogP contribution in [0, 0.1) is 11.3 Å². The number of nitrogens with zero attached hydrogens (tertiary/aromatic N) is 2. The van der Waals surface area contributed by atoms with Crippen molar-refractivity contribution in [3.8, 4) is 0 Å². The second kappa shape index (κ2) is 5.21. The molecule has 0 saturated carbocycles.